The monoisotopic (exact) mass is 324 g/mol. The number of benzene rings is 1. The Labute approximate surface area is 124 Å². The van der Waals surface area contributed by atoms with Crippen LogP contribution in [0.2, 0.25) is 0 Å². The highest BCUT2D eigenvalue weighted by atomic mass is 35.5. The molecule has 1 unspecified atom stereocenters. The zero-order valence-corrected chi connectivity index (χ0v) is 12.6. The van der Waals surface area contributed by atoms with Gasteiger partial charge < -0.3 is 11.1 Å². The molecule has 1 aromatic carbocycles. The van der Waals surface area contributed by atoms with Gasteiger partial charge in [-0.2, -0.15) is 0 Å². The quantitative estimate of drug-likeness (QED) is 0.760. The van der Waals surface area contributed by atoms with Crippen LogP contribution in [0.1, 0.15) is 13.3 Å². The van der Waals surface area contributed by atoms with Gasteiger partial charge >= 0.3 is 0 Å². The second-order valence-electron chi connectivity index (χ2n) is 4.30. The molecular formula is C12H18ClFN2O3S. The molecule has 114 valence electrons. The van der Waals surface area contributed by atoms with Gasteiger partial charge in [-0.1, -0.05) is 0 Å². The van der Waals surface area contributed by atoms with Crippen LogP contribution >= 0.6 is 12.4 Å². The number of hydrogen-bond donors (Lipinski definition) is 2. The first-order valence-electron chi connectivity index (χ1n) is 5.82. The Hall–Kier alpha value is -1.18. The van der Waals surface area contributed by atoms with Gasteiger partial charge in [0, 0.05) is 19.0 Å². The minimum Gasteiger partial charge on any atom is -0.355 e. The smallest absolute Gasteiger partial charge is 0.221 e. The van der Waals surface area contributed by atoms with Crippen molar-refractivity contribution in [2.45, 2.75) is 24.3 Å². The largest absolute Gasteiger partial charge is 0.355 e. The van der Waals surface area contributed by atoms with E-state index in [2.05, 4.69) is 5.32 Å². The Balaban J connectivity index is 0.00000361. The number of amides is 1. The predicted molar refractivity (Wildman–Crippen MR) is 77.0 cm³/mol. The van der Waals surface area contributed by atoms with Crippen LogP contribution in [0.25, 0.3) is 0 Å². The van der Waals surface area contributed by atoms with Crippen molar-refractivity contribution in [3.05, 3.63) is 30.1 Å². The third kappa shape index (κ3) is 6.31. The predicted octanol–water partition coefficient (Wildman–Crippen LogP) is 0.875. The average Bonchev–Trinajstić information content (AvgIpc) is 2.28. The third-order valence-corrected chi connectivity index (χ3v) is 4.11. The second-order valence-corrected chi connectivity index (χ2v) is 6.41. The van der Waals surface area contributed by atoms with E-state index in [1.807, 2.05) is 0 Å². The maximum Gasteiger partial charge on any atom is 0.221 e. The zero-order valence-electron chi connectivity index (χ0n) is 11.0. The Morgan fingerprint density at radius 1 is 1.35 bits per heavy atom. The lowest BCUT2D eigenvalue weighted by molar-refractivity contribution is -0.121. The highest BCUT2D eigenvalue weighted by Crippen LogP contribution is 2.11. The van der Waals surface area contributed by atoms with E-state index in [1.165, 1.54) is 12.1 Å². The summed E-state index contributed by atoms with van der Waals surface area (Å²) in [6.07, 6.45) is 0.149. The first-order chi connectivity index (χ1) is 8.81. The molecular weight excluding hydrogens is 307 g/mol. The van der Waals surface area contributed by atoms with Crippen LogP contribution in [-0.4, -0.2) is 32.7 Å². The van der Waals surface area contributed by atoms with Crippen molar-refractivity contribution >= 4 is 28.2 Å². The molecule has 0 saturated heterocycles. The molecule has 0 radical (unpaired) electrons. The van der Waals surface area contributed by atoms with Gasteiger partial charge in [-0.3, -0.25) is 4.79 Å². The van der Waals surface area contributed by atoms with Crippen molar-refractivity contribution in [1.82, 2.24) is 5.32 Å². The fourth-order valence-electron chi connectivity index (χ4n) is 1.45. The molecule has 3 N–H and O–H groups in total. The van der Waals surface area contributed by atoms with Gasteiger partial charge in [0.1, 0.15) is 5.82 Å². The van der Waals surface area contributed by atoms with Crippen LogP contribution in [0.3, 0.4) is 0 Å². The summed E-state index contributed by atoms with van der Waals surface area (Å²) >= 11 is 0. The van der Waals surface area contributed by atoms with Crippen LogP contribution in [0, 0.1) is 5.82 Å². The maximum absolute atomic E-state index is 12.7. The van der Waals surface area contributed by atoms with Crippen LogP contribution in [0.4, 0.5) is 4.39 Å². The lowest BCUT2D eigenvalue weighted by atomic mass is 10.2. The number of carbonyl (C=O) groups excluding carboxylic acids is 1. The van der Waals surface area contributed by atoms with Crippen molar-refractivity contribution < 1.29 is 17.6 Å². The topological polar surface area (TPSA) is 89.3 Å². The second kappa shape index (κ2) is 8.18. The van der Waals surface area contributed by atoms with Crippen molar-refractivity contribution in [3.63, 3.8) is 0 Å². The number of nitrogens with two attached hydrogens (primary N) is 1. The van der Waals surface area contributed by atoms with E-state index in [4.69, 9.17) is 5.73 Å². The summed E-state index contributed by atoms with van der Waals surface area (Å²) in [5.41, 5.74) is 5.44. The molecule has 0 fully saturated rings. The number of carbonyl (C=O) groups is 1. The highest BCUT2D eigenvalue weighted by molar-refractivity contribution is 7.91. The van der Waals surface area contributed by atoms with Crippen LogP contribution in [0.15, 0.2) is 29.2 Å². The summed E-state index contributed by atoms with van der Waals surface area (Å²) in [5, 5.41) is 2.48. The molecule has 0 saturated carbocycles. The third-order valence-electron chi connectivity index (χ3n) is 2.37. The molecule has 20 heavy (non-hydrogen) atoms. The van der Waals surface area contributed by atoms with Crippen LogP contribution < -0.4 is 11.1 Å². The molecule has 8 heteroatoms. The van der Waals surface area contributed by atoms with E-state index in [0.717, 1.165) is 12.1 Å². The number of halogens is 2. The lowest BCUT2D eigenvalue weighted by Crippen LogP contribution is -2.33. The molecule has 0 aliphatic rings. The zero-order chi connectivity index (χ0) is 14.5. The van der Waals surface area contributed by atoms with Gasteiger partial charge in [0.15, 0.2) is 9.84 Å². The fraction of sp³-hybridized carbons (Fsp3) is 0.417. The van der Waals surface area contributed by atoms with Crippen LogP contribution in [-0.2, 0) is 14.6 Å². The fourth-order valence-corrected chi connectivity index (χ4v) is 2.61. The van der Waals surface area contributed by atoms with E-state index in [9.17, 15) is 17.6 Å². The minimum absolute atomic E-state index is 0. The van der Waals surface area contributed by atoms with Gasteiger partial charge in [-0.05, 0) is 31.2 Å². The van der Waals surface area contributed by atoms with E-state index in [-0.39, 0.29) is 48.0 Å². The van der Waals surface area contributed by atoms with Gasteiger partial charge in [-0.25, -0.2) is 12.8 Å². The molecule has 0 aliphatic carbocycles. The molecule has 5 nitrogen and oxygen atoms in total. The summed E-state index contributed by atoms with van der Waals surface area (Å²) in [5.74, 6) is -1.02. The summed E-state index contributed by atoms with van der Waals surface area (Å²) in [6, 6.07) is 4.31. The lowest BCUT2D eigenvalue weighted by Gasteiger charge is -2.08. The summed E-state index contributed by atoms with van der Waals surface area (Å²) < 4.78 is 36.4. The molecule has 0 bridgehead atoms. The van der Waals surface area contributed by atoms with E-state index in [0.29, 0.717) is 0 Å². The average molecular weight is 325 g/mol. The van der Waals surface area contributed by atoms with Gasteiger partial charge in [0.25, 0.3) is 0 Å². The molecule has 0 aliphatic heterocycles. The van der Waals surface area contributed by atoms with Gasteiger partial charge in [-0.15, -0.1) is 12.4 Å². The van der Waals surface area contributed by atoms with Crippen molar-refractivity contribution in [1.29, 1.82) is 0 Å². The Morgan fingerprint density at radius 2 is 1.90 bits per heavy atom. The van der Waals surface area contributed by atoms with E-state index in [1.54, 1.807) is 6.92 Å². The molecule has 1 amide bonds. The highest BCUT2D eigenvalue weighted by Gasteiger charge is 2.14. The standard InChI is InChI=1S/C12H17FN2O3S.ClH/c1-9(14)8-12(16)15-6-7-19(17,18)11-4-2-10(13)3-5-11;/h2-5,9H,6-8,14H2,1H3,(H,15,16);1H. The minimum atomic E-state index is -3.51. The Kier molecular flexibility index (Phi) is 7.70. The normalized spacial score (nSPS) is 12.3. The Morgan fingerprint density at radius 3 is 2.40 bits per heavy atom. The number of rotatable bonds is 6. The summed E-state index contributed by atoms with van der Waals surface area (Å²) in [6.45, 7) is 1.69. The molecule has 0 aromatic heterocycles. The summed E-state index contributed by atoms with van der Waals surface area (Å²) in [7, 11) is -3.51. The van der Waals surface area contributed by atoms with Crippen molar-refractivity contribution in [2.75, 3.05) is 12.3 Å². The number of nitrogens with one attached hydrogen (secondary N) is 1. The molecule has 1 atom stereocenters. The maximum atomic E-state index is 12.7. The van der Waals surface area contributed by atoms with Crippen molar-refractivity contribution in [2.24, 2.45) is 5.73 Å². The van der Waals surface area contributed by atoms with Crippen LogP contribution in [0.5, 0.6) is 0 Å². The van der Waals surface area contributed by atoms with E-state index < -0.39 is 15.7 Å². The SMILES string of the molecule is CC(N)CC(=O)NCCS(=O)(=O)c1ccc(F)cc1.Cl. The molecule has 1 aromatic rings. The number of hydrogen-bond acceptors (Lipinski definition) is 4. The molecule has 1 rings (SSSR count). The first kappa shape index (κ1) is 18.8. The van der Waals surface area contributed by atoms with Gasteiger partial charge in [0.2, 0.25) is 5.91 Å². The molecule has 0 spiro atoms. The first-order valence-corrected chi connectivity index (χ1v) is 7.47. The van der Waals surface area contributed by atoms with Gasteiger partial charge in [0.05, 0.1) is 10.6 Å². The summed E-state index contributed by atoms with van der Waals surface area (Å²) in [4.78, 5) is 11.3. The number of sulfone groups is 1. The molecule has 0 heterocycles. The van der Waals surface area contributed by atoms with E-state index >= 15 is 0 Å². The van der Waals surface area contributed by atoms with Crippen molar-refractivity contribution in [3.8, 4) is 0 Å². The Bertz CT molecular complexity index is 532.